The van der Waals surface area contributed by atoms with E-state index in [0.717, 1.165) is 27.7 Å². The molecule has 30 nitrogen and oxygen atoms in total. The number of carbonyl (C=O) groups excluding carboxylic acids is 4. The maximum absolute atomic E-state index is 12.6. The Bertz CT molecular complexity index is 1720. The van der Waals surface area contributed by atoms with Crippen molar-refractivity contribution in [2.24, 2.45) is 0 Å². The van der Waals surface area contributed by atoms with Crippen molar-refractivity contribution < 1.29 is 123 Å². The zero-order valence-electron chi connectivity index (χ0n) is 38.2. The number of carbonyl (C=O) groups is 4. The Balaban J connectivity index is 1.63. The molecule has 0 saturated carbocycles. The van der Waals surface area contributed by atoms with Crippen LogP contribution in [0.3, 0.4) is 0 Å². The fraction of sp³-hybridized carbons (Fsp3) is 0.846. The van der Waals surface area contributed by atoms with E-state index >= 15 is 0 Å². The lowest BCUT2D eigenvalue weighted by Gasteiger charge is -2.50. The molecule has 69 heavy (non-hydrogen) atoms. The number of hydrogen-bond donors (Lipinski definition) is 18. The van der Waals surface area contributed by atoms with Crippen LogP contribution in [0.1, 0.15) is 34.1 Å². The number of ether oxygens (including phenoxy) is 8. The predicted octanol–water partition coefficient (Wildman–Crippen LogP) is -10.1. The van der Waals surface area contributed by atoms with Crippen LogP contribution in [0.5, 0.6) is 0 Å². The Morgan fingerprint density at radius 3 is 1.42 bits per heavy atom. The number of rotatable bonds is 21. The molecule has 18 N–H and O–H groups in total. The van der Waals surface area contributed by atoms with Crippen LogP contribution in [0.4, 0.5) is 0 Å². The summed E-state index contributed by atoms with van der Waals surface area (Å²) in [6.07, 6.45) is -32.2. The van der Waals surface area contributed by atoms with Gasteiger partial charge in [0.15, 0.2) is 31.5 Å². The second kappa shape index (κ2) is 26.3. The van der Waals surface area contributed by atoms with Crippen LogP contribution >= 0.6 is 0 Å². The number of aliphatic hydroxyl groups is 13. The summed E-state index contributed by atoms with van der Waals surface area (Å²) in [5.41, 5.74) is -0.844. The Kier molecular flexibility index (Phi) is 22.2. The van der Waals surface area contributed by atoms with E-state index in [0.29, 0.717) is 0 Å². The molecule has 22 unspecified atom stereocenters. The molecule has 4 amide bonds. The van der Waals surface area contributed by atoms with Gasteiger partial charge < -0.3 is 131 Å². The molecule has 4 saturated heterocycles. The van der Waals surface area contributed by atoms with Crippen molar-refractivity contribution in [1.29, 1.82) is 0 Å². The standard InChI is InChI=1S/C39H67N5O25/c1-12(50)41-21(26(54)16(6-7-45)63-37-23(40-5)28(56)27(55)17(8-46)64-37)36(61)67-32-19(10-48)65-38(24(30(32)58)43-14(3)52)69-34-20(11-49)66-39(25(31(34)59)44-15(4)53)68-33-18(9-47)62-35(60)22(29(33)57)42-13(2)51/h16-20,22-25,27-40,45-49,54-61H,6-11H2,1-5H3,(H,41,50)(H,42,51)(H,43,52)(H,44,53)/b26-21-. The normalized spacial score (nSPS) is 39.6. The van der Waals surface area contributed by atoms with Gasteiger partial charge in [0.05, 0.1) is 32.5 Å². The summed E-state index contributed by atoms with van der Waals surface area (Å²) in [4.78, 5) is 49.3. The van der Waals surface area contributed by atoms with E-state index in [1.807, 2.05) is 0 Å². The van der Waals surface area contributed by atoms with E-state index in [9.17, 15) is 85.6 Å². The Morgan fingerprint density at radius 1 is 0.536 bits per heavy atom. The van der Waals surface area contributed by atoms with Crippen molar-refractivity contribution in [3.63, 3.8) is 0 Å². The fourth-order valence-electron chi connectivity index (χ4n) is 8.32. The summed E-state index contributed by atoms with van der Waals surface area (Å²) in [6.45, 7) is -0.233. The molecular weight excluding hydrogens is 938 g/mol. The highest BCUT2D eigenvalue weighted by Gasteiger charge is 2.55. The quantitative estimate of drug-likeness (QED) is 0.0375. The van der Waals surface area contributed by atoms with E-state index in [-0.39, 0.29) is 0 Å². The predicted molar refractivity (Wildman–Crippen MR) is 222 cm³/mol. The van der Waals surface area contributed by atoms with Gasteiger partial charge in [-0.25, -0.2) is 0 Å². The smallest absolute Gasteiger partial charge is 0.221 e. The molecule has 4 aliphatic rings. The average molecular weight is 1010 g/mol. The summed E-state index contributed by atoms with van der Waals surface area (Å²) in [5.74, 6) is -4.21. The van der Waals surface area contributed by atoms with E-state index in [2.05, 4.69) is 26.6 Å². The molecule has 398 valence electrons. The number of amides is 4. The third-order valence-corrected chi connectivity index (χ3v) is 11.6. The van der Waals surface area contributed by atoms with Gasteiger partial charge in [0.25, 0.3) is 0 Å². The van der Waals surface area contributed by atoms with Gasteiger partial charge in [-0.05, 0) is 7.05 Å². The van der Waals surface area contributed by atoms with Gasteiger partial charge in [0.1, 0.15) is 109 Å². The lowest BCUT2D eigenvalue weighted by Crippen LogP contribution is -2.71. The first-order valence-electron chi connectivity index (χ1n) is 21.8. The molecule has 30 heteroatoms. The minimum atomic E-state index is -2.46. The lowest BCUT2D eigenvalue weighted by molar-refractivity contribution is -0.355. The Morgan fingerprint density at radius 2 is 0.971 bits per heavy atom. The van der Waals surface area contributed by atoms with Gasteiger partial charge >= 0.3 is 0 Å². The number of likely N-dealkylation sites (N-methyl/N-ethyl adjacent to an activating group) is 1. The van der Waals surface area contributed by atoms with Crippen LogP contribution in [0.15, 0.2) is 11.5 Å². The molecule has 4 heterocycles. The van der Waals surface area contributed by atoms with Gasteiger partial charge in [-0.15, -0.1) is 0 Å². The van der Waals surface area contributed by atoms with Gasteiger partial charge in [-0.3, -0.25) is 19.2 Å². The highest BCUT2D eigenvalue weighted by atomic mass is 16.7. The topological polar surface area (TPSA) is 465 Å². The van der Waals surface area contributed by atoms with Crippen LogP contribution in [-0.4, -0.2) is 265 Å². The van der Waals surface area contributed by atoms with E-state index in [4.69, 9.17) is 37.9 Å². The summed E-state index contributed by atoms with van der Waals surface area (Å²) in [5, 5.41) is 152. The third kappa shape index (κ3) is 14.2. The summed E-state index contributed by atoms with van der Waals surface area (Å²) in [6, 6.07) is -6.12. The fourth-order valence-corrected chi connectivity index (χ4v) is 8.32. The van der Waals surface area contributed by atoms with Crippen molar-refractivity contribution in [2.75, 3.05) is 40.1 Å². The minimum Gasteiger partial charge on any atom is -0.507 e. The Labute approximate surface area is 394 Å². The van der Waals surface area contributed by atoms with E-state index < -0.39 is 210 Å². The number of aliphatic hydroxyl groups excluding tert-OH is 13. The second-order valence-electron chi connectivity index (χ2n) is 16.6. The van der Waals surface area contributed by atoms with Crippen molar-refractivity contribution >= 4 is 23.6 Å². The molecule has 22 atom stereocenters. The molecular formula is C39H67N5O25. The first-order valence-corrected chi connectivity index (χ1v) is 21.8. The maximum Gasteiger partial charge on any atom is 0.221 e. The average Bonchev–Trinajstić information content (AvgIpc) is 3.29. The monoisotopic (exact) mass is 1010 g/mol. The molecule has 4 fully saturated rings. The number of hydrogen-bond acceptors (Lipinski definition) is 26. The van der Waals surface area contributed by atoms with Gasteiger partial charge in [-0.1, -0.05) is 0 Å². The molecule has 0 radical (unpaired) electrons. The second-order valence-corrected chi connectivity index (χ2v) is 16.6. The first kappa shape index (κ1) is 58.2. The summed E-state index contributed by atoms with van der Waals surface area (Å²) in [7, 11) is 1.37. The Hall–Kier alpha value is -3.42. The van der Waals surface area contributed by atoms with Crippen molar-refractivity contribution in [3.05, 3.63) is 11.5 Å². The first-order chi connectivity index (χ1) is 32.6. The molecule has 0 bridgehead atoms. The summed E-state index contributed by atoms with van der Waals surface area (Å²) < 4.78 is 46.2. The summed E-state index contributed by atoms with van der Waals surface area (Å²) >= 11 is 0. The maximum atomic E-state index is 12.6. The van der Waals surface area contributed by atoms with Crippen LogP contribution in [0, 0.1) is 0 Å². The highest BCUT2D eigenvalue weighted by Crippen LogP contribution is 2.34. The minimum absolute atomic E-state index is 0.469. The molecule has 0 aliphatic carbocycles. The van der Waals surface area contributed by atoms with Gasteiger partial charge in [-0.2, -0.15) is 0 Å². The SMILES string of the molecule is CNC1C(OC(CCO)/C(O)=C(/NC(C)=O)C(O)OC2C(CO)OC(OC3C(CO)OC(OC4C(CO)OC(O)C(NC(C)=O)C4O)C(NC(C)=O)C3O)C(NC(C)=O)C2O)OC(CO)C(O)C1O. The molecule has 0 spiro atoms. The van der Waals surface area contributed by atoms with Crippen LogP contribution < -0.4 is 26.6 Å². The zero-order valence-corrected chi connectivity index (χ0v) is 38.2. The lowest BCUT2D eigenvalue weighted by atomic mass is 9.93. The van der Waals surface area contributed by atoms with Crippen molar-refractivity contribution in [1.82, 2.24) is 26.6 Å². The van der Waals surface area contributed by atoms with Crippen molar-refractivity contribution in [3.8, 4) is 0 Å². The van der Waals surface area contributed by atoms with Crippen LogP contribution in [0.25, 0.3) is 0 Å². The number of nitrogens with one attached hydrogen (secondary N) is 5. The zero-order chi connectivity index (χ0) is 51.6. The van der Waals surface area contributed by atoms with Crippen LogP contribution in [-0.2, 0) is 57.1 Å². The molecule has 4 aliphatic heterocycles. The third-order valence-electron chi connectivity index (χ3n) is 11.6. The van der Waals surface area contributed by atoms with E-state index in [1.54, 1.807) is 0 Å². The van der Waals surface area contributed by atoms with Gasteiger partial charge in [0.2, 0.25) is 23.6 Å². The molecule has 0 aromatic carbocycles. The van der Waals surface area contributed by atoms with Gasteiger partial charge in [0, 0.05) is 40.7 Å². The molecule has 0 aromatic rings. The highest BCUT2D eigenvalue weighted by molar-refractivity contribution is 5.75. The van der Waals surface area contributed by atoms with Crippen LogP contribution in [0.2, 0.25) is 0 Å². The largest absolute Gasteiger partial charge is 0.507 e. The van der Waals surface area contributed by atoms with E-state index in [1.165, 1.54) is 7.05 Å². The van der Waals surface area contributed by atoms with Crippen molar-refractivity contribution in [2.45, 2.75) is 169 Å². The molecule has 4 rings (SSSR count). The molecule has 0 aromatic heterocycles.